The molecule has 2 aromatic rings. The highest BCUT2D eigenvalue weighted by Gasteiger charge is 2.42. The minimum Gasteiger partial charge on any atom is -0.481 e. The molecule has 1 heterocycles. The molecule has 0 saturated carbocycles. The van der Waals surface area contributed by atoms with Gasteiger partial charge in [-0.25, -0.2) is 0 Å². The smallest absolute Gasteiger partial charge is 0.314 e. The molecule has 23 heavy (non-hydrogen) atoms. The molecule has 118 valence electrons. The van der Waals surface area contributed by atoms with E-state index in [9.17, 15) is 9.90 Å². The maximum Gasteiger partial charge on any atom is 0.314 e. The van der Waals surface area contributed by atoms with Crippen molar-refractivity contribution in [3.63, 3.8) is 0 Å². The fraction of sp³-hybridized carbons (Fsp3) is 0.222. The lowest BCUT2D eigenvalue weighted by Gasteiger charge is -2.28. The van der Waals surface area contributed by atoms with Crippen LogP contribution >= 0.6 is 11.6 Å². The lowest BCUT2D eigenvalue weighted by molar-refractivity contribution is -0.139. The minimum atomic E-state index is -0.873. The number of hydrogen-bond acceptors (Lipinski definition) is 3. The monoisotopic (exact) mass is 328 g/mol. The van der Waals surface area contributed by atoms with Crippen LogP contribution in [0.4, 0.5) is 5.69 Å². The number of aryl methyl sites for hydroxylation is 1. The van der Waals surface area contributed by atoms with Crippen molar-refractivity contribution in [2.75, 3.05) is 5.01 Å². The molecule has 3 rings (SSSR count). The van der Waals surface area contributed by atoms with Gasteiger partial charge >= 0.3 is 5.97 Å². The number of benzene rings is 2. The minimum absolute atomic E-state index is 0.383. The first-order valence-corrected chi connectivity index (χ1v) is 7.75. The Balaban J connectivity index is 2.11. The molecule has 0 aliphatic carbocycles. The number of carboxylic acids is 1. The van der Waals surface area contributed by atoms with Crippen molar-refractivity contribution in [1.82, 2.24) is 0 Å². The molecule has 1 N–H and O–H groups in total. The third-order valence-electron chi connectivity index (χ3n) is 4.13. The predicted octanol–water partition coefficient (Wildman–Crippen LogP) is 4.29. The Bertz CT molecular complexity index is 771. The zero-order valence-corrected chi connectivity index (χ0v) is 13.7. The Morgan fingerprint density at radius 2 is 1.78 bits per heavy atom. The average molecular weight is 329 g/mol. The summed E-state index contributed by atoms with van der Waals surface area (Å²) in [6.45, 7) is 3.76. The second-order valence-electron chi connectivity index (χ2n) is 5.68. The summed E-state index contributed by atoms with van der Waals surface area (Å²) >= 11 is 5.97. The lowest BCUT2D eigenvalue weighted by atomic mass is 9.90. The van der Waals surface area contributed by atoms with Gasteiger partial charge in [0.25, 0.3) is 0 Å². The van der Waals surface area contributed by atoms with Gasteiger partial charge in [-0.15, -0.1) is 0 Å². The normalized spacial score (nSPS) is 20.5. The number of aliphatic carboxylic acids is 1. The van der Waals surface area contributed by atoms with Crippen molar-refractivity contribution in [2.24, 2.45) is 11.0 Å². The lowest BCUT2D eigenvalue weighted by Crippen LogP contribution is -2.30. The summed E-state index contributed by atoms with van der Waals surface area (Å²) in [7, 11) is 0. The third-order valence-corrected chi connectivity index (χ3v) is 4.39. The van der Waals surface area contributed by atoms with Crippen molar-refractivity contribution in [2.45, 2.75) is 19.9 Å². The van der Waals surface area contributed by atoms with Crippen LogP contribution in [0.15, 0.2) is 53.6 Å². The molecule has 0 bridgehead atoms. The number of rotatable bonds is 3. The summed E-state index contributed by atoms with van der Waals surface area (Å²) in [6.07, 6.45) is 0. The summed E-state index contributed by atoms with van der Waals surface area (Å²) < 4.78 is 0. The van der Waals surface area contributed by atoms with E-state index < -0.39 is 11.9 Å². The molecular formula is C18H17ClN2O2. The first-order valence-electron chi connectivity index (χ1n) is 7.37. The Labute approximate surface area is 140 Å². The maximum absolute atomic E-state index is 11.8. The SMILES string of the molecule is CC1=NN(c2ccccc2C)C(c2ccc(Cl)cc2)C1C(=O)O. The molecule has 0 amide bonds. The average Bonchev–Trinajstić information content (AvgIpc) is 2.86. The van der Waals surface area contributed by atoms with Crippen LogP contribution in [0, 0.1) is 12.8 Å². The van der Waals surface area contributed by atoms with E-state index in [-0.39, 0.29) is 6.04 Å². The van der Waals surface area contributed by atoms with Crippen molar-refractivity contribution < 1.29 is 9.90 Å². The molecule has 2 atom stereocenters. The van der Waals surface area contributed by atoms with Gasteiger partial charge in [-0.2, -0.15) is 5.10 Å². The maximum atomic E-state index is 11.8. The number of hydrogen-bond donors (Lipinski definition) is 1. The number of para-hydroxylation sites is 1. The van der Waals surface area contributed by atoms with E-state index in [0.29, 0.717) is 10.7 Å². The van der Waals surface area contributed by atoms with E-state index in [1.165, 1.54) is 0 Å². The molecule has 1 aliphatic heterocycles. The van der Waals surface area contributed by atoms with Gasteiger partial charge in [-0.3, -0.25) is 9.80 Å². The molecule has 2 aromatic carbocycles. The molecule has 0 saturated heterocycles. The van der Waals surface area contributed by atoms with Gasteiger partial charge in [0, 0.05) is 5.02 Å². The Morgan fingerprint density at radius 3 is 2.39 bits per heavy atom. The number of hydrazone groups is 1. The van der Waals surface area contributed by atoms with Gasteiger partial charge in [0.1, 0.15) is 5.92 Å². The topological polar surface area (TPSA) is 52.9 Å². The predicted molar refractivity (Wildman–Crippen MR) is 92.1 cm³/mol. The molecule has 0 spiro atoms. The van der Waals surface area contributed by atoms with Gasteiger partial charge in [-0.05, 0) is 43.2 Å². The van der Waals surface area contributed by atoms with E-state index in [1.807, 2.05) is 48.3 Å². The Hall–Kier alpha value is -2.33. The highest BCUT2D eigenvalue weighted by Crippen LogP contribution is 2.40. The second kappa shape index (κ2) is 6.05. The van der Waals surface area contributed by atoms with Gasteiger partial charge in [-0.1, -0.05) is 41.9 Å². The largest absolute Gasteiger partial charge is 0.481 e. The van der Waals surface area contributed by atoms with E-state index in [0.717, 1.165) is 16.8 Å². The standard InChI is InChI=1S/C18H17ClN2O2/c1-11-5-3-4-6-15(11)21-17(13-7-9-14(19)10-8-13)16(18(22)23)12(2)20-21/h3-10,16-17H,1-2H3,(H,22,23). The van der Waals surface area contributed by atoms with E-state index in [4.69, 9.17) is 11.6 Å². The molecule has 1 aliphatic rings. The fourth-order valence-corrected chi connectivity index (χ4v) is 3.12. The molecule has 0 radical (unpaired) electrons. The molecule has 0 aromatic heterocycles. The molecular weight excluding hydrogens is 312 g/mol. The number of nitrogens with zero attached hydrogens (tertiary/aromatic N) is 2. The van der Waals surface area contributed by atoms with Gasteiger partial charge in [0.15, 0.2) is 0 Å². The third kappa shape index (κ3) is 2.82. The van der Waals surface area contributed by atoms with Crippen LogP contribution in [0.3, 0.4) is 0 Å². The van der Waals surface area contributed by atoms with Crippen molar-refractivity contribution in [3.05, 3.63) is 64.7 Å². The summed E-state index contributed by atoms with van der Waals surface area (Å²) in [4.78, 5) is 11.8. The first kappa shape index (κ1) is 15.6. The summed E-state index contributed by atoms with van der Waals surface area (Å²) in [5.74, 6) is -1.56. The van der Waals surface area contributed by atoms with Crippen LogP contribution < -0.4 is 5.01 Å². The number of anilines is 1. The number of carbonyl (C=O) groups is 1. The van der Waals surface area contributed by atoms with Crippen molar-refractivity contribution in [3.8, 4) is 0 Å². The zero-order chi connectivity index (χ0) is 16.6. The van der Waals surface area contributed by atoms with Crippen LogP contribution in [-0.2, 0) is 4.79 Å². The van der Waals surface area contributed by atoms with Crippen LogP contribution in [0.25, 0.3) is 0 Å². The Kier molecular flexibility index (Phi) is 4.09. The van der Waals surface area contributed by atoms with Gasteiger partial charge < -0.3 is 5.11 Å². The summed E-state index contributed by atoms with van der Waals surface area (Å²) in [5, 5.41) is 16.6. The first-order chi connectivity index (χ1) is 11.0. The molecule has 0 fully saturated rings. The summed E-state index contributed by atoms with van der Waals surface area (Å²) in [5.41, 5.74) is 3.44. The Morgan fingerprint density at radius 1 is 1.13 bits per heavy atom. The number of halogens is 1. The van der Waals surface area contributed by atoms with Crippen LogP contribution in [0.1, 0.15) is 24.1 Å². The highest BCUT2D eigenvalue weighted by atomic mass is 35.5. The summed E-state index contributed by atoms with van der Waals surface area (Å²) in [6, 6.07) is 14.7. The highest BCUT2D eigenvalue weighted by molar-refractivity contribution is 6.30. The van der Waals surface area contributed by atoms with E-state index >= 15 is 0 Å². The zero-order valence-electron chi connectivity index (χ0n) is 12.9. The van der Waals surface area contributed by atoms with Gasteiger partial charge in [0.2, 0.25) is 0 Å². The van der Waals surface area contributed by atoms with E-state index in [2.05, 4.69) is 5.10 Å². The molecule has 5 heteroatoms. The van der Waals surface area contributed by atoms with Crippen molar-refractivity contribution in [1.29, 1.82) is 0 Å². The molecule has 4 nitrogen and oxygen atoms in total. The van der Waals surface area contributed by atoms with Crippen LogP contribution in [-0.4, -0.2) is 16.8 Å². The van der Waals surface area contributed by atoms with E-state index in [1.54, 1.807) is 19.1 Å². The quantitative estimate of drug-likeness (QED) is 0.914. The second-order valence-corrected chi connectivity index (χ2v) is 6.12. The van der Waals surface area contributed by atoms with Crippen LogP contribution in [0.2, 0.25) is 5.02 Å². The van der Waals surface area contributed by atoms with Gasteiger partial charge in [0.05, 0.1) is 17.4 Å². The molecule has 2 unspecified atom stereocenters. The number of carboxylic acid groups (broad SMARTS) is 1. The van der Waals surface area contributed by atoms with Crippen molar-refractivity contribution >= 4 is 29.0 Å². The fourth-order valence-electron chi connectivity index (χ4n) is 3.00. The van der Waals surface area contributed by atoms with Crippen LogP contribution in [0.5, 0.6) is 0 Å².